The molecule has 6 nitrogen and oxygen atoms in total. The molecule has 2 N–H and O–H groups in total. The number of hydrogen-bond donors (Lipinski definition) is 1. The molecular formula is C21H23FN4O2. The first-order chi connectivity index (χ1) is 13.5. The number of hydrogen-bond acceptors (Lipinski definition) is 4. The fourth-order valence-electron chi connectivity index (χ4n) is 2.73. The molecule has 0 saturated carbocycles. The summed E-state index contributed by atoms with van der Waals surface area (Å²) in [6.45, 7) is 5.17. The van der Waals surface area contributed by atoms with E-state index in [1.165, 1.54) is 12.1 Å². The van der Waals surface area contributed by atoms with Gasteiger partial charge in [0.15, 0.2) is 12.4 Å². The van der Waals surface area contributed by atoms with Gasteiger partial charge in [0, 0.05) is 11.3 Å². The molecule has 0 spiro atoms. The lowest BCUT2D eigenvalue weighted by molar-refractivity contribution is 0.107. The molecule has 0 atom stereocenters. The lowest BCUT2D eigenvalue weighted by Gasteiger charge is -2.08. The summed E-state index contributed by atoms with van der Waals surface area (Å²) in [5, 5.41) is 8.42. The minimum Gasteiger partial charge on any atom is -0.490 e. The third kappa shape index (κ3) is 5.33. The first kappa shape index (κ1) is 19.4. The van der Waals surface area contributed by atoms with Gasteiger partial charge in [-0.2, -0.15) is 5.10 Å². The first-order valence-corrected chi connectivity index (χ1v) is 8.95. The third-order valence-electron chi connectivity index (χ3n) is 4.08. The van der Waals surface area contributed by atoms with Gasteiger partial charge in [0.25, 0.3) is 0 Å². The maximum absolute atomic E-state index is 12.8. The Balaban J connectivity index is 1.52. The van der Waals surface area contributed by atoms with Crippen molar-refractivity contribution in [3.05, 3.63) is 82.9 Å². The lowest BCUT2D eigenvalue weighted by Crippen LogP contribution is -2.15. The smallest absolute Gasteiger partial charge is 0.170 e. The second-order valence-electron chi connectivity index (χ2n) is 6.40. The van der Waals surface area contributed by atoms with Gasteiger partial charge in [-0.3, -0.25) is 4.68 Å². The molecule has 146 valence electrons. The molecule has 0 unspecified atom stereocenters. The highest BCUT2D eigenvalue weighted by molar-refractivity contribution is 5.97. The van der Waals surface area contributed by atoms with Gasteiger partial charge in [-0.05, 0) is 55.8 Å². The number of ether oxygens (including phenoxy) is 1. The summed E-state index contributed by atoms with van der Waals surface area (Å²) >= 11 is 0. The van der Waals surface area contributed by atoms with E-state index in [-0.39, 0.29) is 24.9 Å². The van der Waals surface area contributed by atoms with E-state index in [4.69, 9.17) is 15.3 Å². The Morgan fingerprint density at radius 1 is 1.11 bits per heavy atom. The maximum Gasteiger partial charge on any atom is 0.170 e. The van der Waals surface area contributed by atoms with Crippen LogP contribution in [0.3, 0.4) is 0 Å². The Labute approximate surface area is 163 Å². The van der Waals surface area contributed by atoms with Crippen LogP contribution in [0.2, 0.25) is 0 Å². The van der Waals surface area contributed by atoms with Crippen LogP contribution < -0.4 is 10.5 Å². The second kappa shape index (κ2) is 9.03. The van der Waals surface area contributed by atoms with Crippen LogP contribution in [0.5, 0.6) is 5.75 Å². The molecular weight excluding hydrogens is 359 g/mol. The van der Waals surface area contributed by atoms with E-state index >= 15 is 0 Å². The summed E-state index contributed by atoms with van der Waals surface area (Å²) in [5.41, 5.74) is 9.97. The molecule has 0 aliphatic heterocycles. The maximum atomic E-state index is 12.8. The predicted molar refractivity (Wildman–Crippen MR) is 106 cm³/mol. The molecule has 3 rings (SSSR count). The van der Waals surface area contributed by atoms with Crippen molar-refractivity contribution >= 4 is 5.84 Å². The normalized spacial score (nSPS) is 11.5. The number of nitrogens with two attached hydrogens (primary N) is 1. The number of rotatable bonds is 8. The van der Waals surface area contributed by atoms with Gasteiger partial charge < -0.3 is 15.3 Å². The summed E-state index contributed by atoms with van der Waals surface area (Å²) < 4.78 is 20.2. The second-order valence-corrected chi connectivity index (χ2v) is 6.40. The van der Waals surface area contributed by atoms with Gasteiger partial charge in [-0.15, -0.1) is 0 Å². The minimum absolute atomic E-state index is 0.226. The van der Waals surface area contributed by atoms with Crippen LogP contribution in [0, 0.1) is 19.7 Å². The SMILES string of the molecule is Cc1cc(C)n(Cc2cccc(C(N)=NOCCOc3ccc(F)cc3)c2)n1. The fourth-order valence-corrected chi connectivity index (χ4v) is 2.73. The van der Waals surface area contributed by atoms with Crippen molar-refractivity contribution in [3.63, 3.8) is 0 Å². The van der Waals surface area contributed by atoms with E-state index < -0.39 is 0 Å². The van der Waals surface area contributed by atoms with E-state index in [2.05, 4.69) is 10.3 Å². The zero-order valence-corrected chi connectivity index (χ0v) is 15.9. The molecule has 0 aliphatic carbocycles. The van der Waals surface area contributed by atoms with Crippen molar-refractivity contribution < 1.29 is 14.0 Å². The molecule has 0 fully saturated rings. The van der Waals surface area contributed by atoms with Crippen LogP contribution in [-0.4, -0.2) is 28.8 Å². The molecule has 28 heavy (non-hydrogen) atoms. The number of oxime groups is 1. The number of aryl methyl sites for hydroxylation is 2. The lowest BCUT2D eigenvalue weighted by atomic mass is 10.1. The van der Waals surface area contributed by atoms with E-state index in [1.54, 1.807) is 12.1 Å². The fraction of sp³-hybridized carbons (Fsp3) is 0.238. The van der Waals surface area contributed by atoms with E-state index in [0.717, 1.165) is 22.5 Å². The minimum atomic E-state index is -0.305. The molecule has 1 heterocycles. The third-order valence-corrected chi connectivity index (χ3v) is 4.08. The molecule has 3 aromatic rings. The highest BCUT2D eigenvalue weighted by atomic mass is 19.1. The van der Waals surface area contributed by atoms with Crippen LogP contribution in [0.1, 0.15) is 22.5 Å². The van der Waals surface area contributed by atoms with Gasteiger partial charge in [0.2, 0.25) is 0 Å². The monoisotopic (exact) mass is 382 g/mol. The first-order valence-electron chi connectivity index (χ1n) is 8.95. The van der Waals surface area contributed by atoms with Crippen LogP contribution >= 0.6 is 0 Å². The standard InChI is InChI=1S/C21H23FN4O2/c1-15-12-16(2)26(24-15)14-17-4-3-5-18(13-17)21(23)25-28-11-10-27-20-8-6-19(22)7-9-20/h3-9,12-13H,10-11,14H2,1-2H3,(H2,23,25). The van der Waals surface area contributed by atoms with Crippen molar-refractivity contribution in [2.24, 2.45) is 10.9 Å². The Bertz CT molecular complexity index is 951. The van der Waals surface area contributed by atoms with Gasteiger partial charge in [0.05, 0.1) is 12.2 Å². The summed E-state index contributed by atoms with van der Waals surface area (Å²) in [6, 6.07) is 15.6. The molecule has 0 amide bonds. The molecule has 7 heteroatoms. The molecule has 0 bridgehead atoms. The zero-order valence-electron chi connectivity index (χ0n) is 15.9. The van der Waals surface area contributed by atoms with Crippen LogP contribution in [0.4, 0.5) is 4.39 Å². The Morgan fingerprint density at radius 3 is 2.61 bits per heavy atom. The van der Waals surface area contributed by atoms with Crippen LogP contribution in [0.15, 0.2) is 59.8 Å². The number of aromatic nitrogens is 2. The topological polar surface area (TPSA) is 74.7 Å². The quantitative estimate of drug-likeness (QED) is 0.280. The Kier molecular flexibility index (Phi) is 6.26. The van der Waals surface area contributed by atoms with E-state index in [1.807, 2.05) is 48.9 Å². The van der Waals surface area contributed by atoms with E-state index in [9.17, 15) is 4.39 Å². The van der Waals surface area contributed by atoms with Gasteiger partial charge in [-0.25, -0.2) is 4.39 Å². The van der Waals surface area contributed by atoms with Crippen molar-refractivity contribution in [2.75, 3.05) is 13.2 Å². The number of halogens is 1. The van der Waals surface area contributed by atoms with Crippen molar-refractivity contribution in [1.29, 1.82) is 0 Å². The number of nitrogens with zero attached hydrogens (tertiary/aromatic N) is 3. The summed E-state index contributed by atoms with van der Waals surface area (Å²) in [7, 11) is 0. The zero-order chi connectivity index (χ0) is 19.9. The highest BCUT2D eigenvalue weighted by Crippen LogP contribution is 2.11. The largest absolute Gasteiger partial charge is 0.490 e. The van der Waals surface area contributed by atoms with Crippen molar-refractivity contribution in [2.45, 2.75) is 20.4 Å². The average Bonchev–Trinajstić information content (AvgIpc) is 3.00. The molecule has 1 aromatic heterocycles. The van der Waals surface area contributed by atoms with Crippen LogP contribution in [0.25, 0.3) is 0 Å². The Hall–Kier alpha value is -3.35. The number of amidine groups is 1. The van der Waals surface area contributed by atoms with Gasteiger partial charge in [0.1, 0.15) is 18.2 Å². The van der Waals surface area contributed by atoms with Crippen LogP contribution in [-0.2, 0) is 11.4 Å². The van der Waals surface area contributed by atoms with E-state index in [0.29, 0.717) is 12.3 Å². The Morgan fingerprint density at radius 2 is 1.89 bits per heavy atom. The molecule has 0 aliphatic rings. The average molecular weight is 382 g/mol. The molecule has 0 radical (unpaired) electrons. The highest BCUT2D eigenvalue weighted by Gasteiger charge is 2.05. The van der Waals surface area contributed by atoms with Gasteiger partial charge >= 0.3 is 0 Å². The summed E-state index contributed by atoms with van der Waals surface area (Å²) in [4.78, 5) is 5.22. The summed E-state index contributed by atoms with van der Waals surface area (Å²) in [6.07, 6.45) is 0. The summed E-state index contributed by atoms with van der Waals surface area (Å²) in [5.74, 6) is 0.553. The van der Waals surface area contributed by atoms with Crippen molar-refractivity contribution in [3.8, 4) is 5.75 Å². The molecule has 0 saturated heterocycles. The van der Waals surface area contributed by atoms with Crippen molar-refractivity contribution in [1.82, 2.24) is 9.78 Å². The molecule has 2 aromatic carbocycles. The predicted octanol–water partition coefficient (Wildman–Crippen LogP) is 3.40. The van der Waals surface area contributed by atoms with Gasteiger partial charge in [-0.1, -0.05) is 23.4 Å². The number of benzene rings is 2.